The molecule has 0 aromatic heterocycles. The Balaban J connectivity index is 1.95. The zero-order valence-electron chi connectivity index (χ0n) is 15.1. The van der Waals surface area contributed by atoms with E-state index in [2.05, 4.69) is 15.4 Å². The molecule has 6 nitrogen and oxygen atoms in total. The van der Waals surface area contributed by atoms with Crippen LogP contribution in [0, 0.1) is 11.3 Å². The zero-order valence-corrected chi connectivity index (χ0v) is 15.9. The van der Waals surface area contributed by atoms with Gasteiger partial charge in [-0.2, -0.15) is 0 Å². The summed E-state index contributed by atoms with van der Waals surface area (Å²) in [4.78, 5) is 0. The van der Waals surface area contributed by atoms with Crippen LogP contribution in [-0.2, 0) is 16.1 Å². The monoisotopic (exact) mass is 356 g/mol. The topological polar surface area (TPSA) is 92.2 Å². The van der Waals surface area contributed by atoms with Gasteiger partial charge in [-0.3, -0.25) is 0 Å². The van der Waals surface area contributed by atoms with Gasteiger partial charge in [0.05, 0.1) is 24.8 Å². The van der Waals surface area contributed by atoms with E-state index in [9.17, 15) is 4.55 Å². The van der Waals surface area contributed by atoms with Gasteiger partial charge in [0, 0.05) is 22.8 Å². The van der Waals surface area contributed by atoms with Crippen molar-refractivity contribution in [2.45, 2.75) is 57.7 Å². The Kier molecular flexibility index (Phi) is 8.03. The summed E-state index contributed by atoms with van der Waals surface area (Å²) in [7, 11) is 0. The van der Waals surface area contributed by atoms with E-state index in [1.54, 1.807) is 6.26 Å². The van der Waals surface area contributed by atoms with Crippen LogP contribution in [-0.4, -0.2) is 54.4 Å². The second-order valence-electron chi connectivity index (χ2n) is 7.03. The minimum atomic E-state index is -1.04. The van der Waals surface area contributed by atoms with Gasteiger partial charge in [0.2, 0.25) is 0 Å². The quantitative estimate of drug-likeness (QED) is 0.408. The van der Waals surface area contributed by atoms with Gasteiger partial charge in [-0.1, -0.05) is 13.8 Å². The molecule has 2 heterocycles. The molecule has 138 valence electrons. The minimum Gasteiger partial charge on any atom is -0.598 e. The van der Waals surface area contributed by atoms with Gasteiger partial charge < -0.3 is 25.3 Å². The molecular formula is C17H32N4O2S. The maximum atomic E-state index is 11.6. The minimum absolute atomic E-state index is 0.0868. The fourth-order valence-electron chi connectivity index (χ4n) is 3.11. The van der Waals surface area contributed by atoms with Gasteiger partial charge >= 0.3 is 0 Å². The predicted molar refractivity (Wildman–Crippen MR) is 99.6 cm³/mol. The highest BCUT2D eigenvalue weighted by Gasteiger charge is 2.30. The molecule has 2 aliphatic rings. The first-order valence-electron chi connectivity index (χ1n) is 8.93. The van der Waals surface area contributed by atoms with Crippen LogP contribution in [0.2, 0.25) is 0 Å². The summed E-state index contributed by atoms with van der Waals surface area (Å²) in [5.74, 6) is 0.225. The van der Waals surface area contributed by atoms with E-state index in [1.165, 1.54) is 0 Å². The molecule has 0 aromatic rings. The molecule has 2 aliphatic heterocycles. The molecule has 0 aromatic carbocycles. The maximum Gasteiger partial charge on any atom is 0.115 e. The van der Waals surface area contributed by atoms with Gasteiger partial charge in [-0.05, 0) is 50.8 Å². The average Bonchev–Trinajstić information content (AvgIpc) is 2.55. The Bertz CT molecular complexity index is 436. The molecule has 0 aliphatic carbocycles. The van der Waals surface area contributed by atoms with E-state index >= 15 is 0 Å². The van der Waals surface area contributed by atoms with Crippen molar-refractivity contribution in [2.24, 2.45) is 5.92 Å². The Labute approximate surface area is 149 Å². The Morgan fingerprint density at radius 3 is 2.75 bits per heavy atom. The fourth-order valence-corrected chi connectivity index (χ4v) is 3.81. The third-order valence-electron chi connectivity index (χ3n) is 4.65. The lowest BCUT2D eigenvalue weighted by molar-refractivity contribution is 0.0144. The average molecular weight is 357 g/mol. The van der Waals surface area contributed by atoms with Gasteiger partial charge in [-0.15, -0.1) is 4.72 Å². The molecular weight excluding hydrogens is 324 g/mol. The molecule has 24 heavy (non-hydrogen) atoms. The number of piperidine rings is 2. The van der Waals surface area contributed by atoms with Crippen LogP contribution in [0.4, 0.5) is 0 Å². The number of allylic oxidation sites excluding steroid dienone is 2. The second kappa shape index (κ2) is 9.77. The Morgan fingerprint density at radius 1 is 1.42 bits per heavy atom. The number of nitrogens with one attached hydrogen (secondary N) is 4. The van der Waals surface area contributed by atoms with Crippen molar-refractivity contribution >= 4 is 17.1 Å². The van der Waals surface area contributed by atoms with Crippen LogP contribution in [0.1, 0.15) is 39.5 Å². The lowest BCUT2D eigenvalue weighted by atomic mass is 9.95. The van der Waals surface area contributed by atoms with E-state index in [0.29, 0.717) is 18.4 Å². The first kappa shape index (κ1) is 19.7. The van der Waals surface area contributed by atoms with Crippen LogP contribution < -0.4 is 15.4 Å². The van der Waals surface area contributed by atoms with Gasteiger partial charge in [0.1, 0.15) is 6.26 Å². The van der Waals surface area contributed by atoms with E-state index in [4.69, 9.17) is 10.1 Å². The van der Waals surface area contributed by atoms with Gasteiger partial charge in [0.25, 0.3) is 0 Å². The standard InChI is InChI=1S/C17H32N4O2S/c1-12(2)15(18)10-13-4-5-16(21-24(3)22)17(20-13)11-23-14-6-8-19-9-7-14/h10,12,14,16-21H,4-9,11H2,1-3H3/b13-10-,18-15?. The van der Waals surface area contributed by atoms with Crippen LogP contribution in [0.3, 0.4) is 0 Å². The van der Waals surface area contributed by atoms with Crippen molar-refractivity contribution < 1.29 is 9.29 Å². The van der Waals surface area contributed by atoms with Crippen molar-refractivity contribution in [3.8, 4) is 0 Å². The van der Waals surface area contributed by atoms with Crippen LogP contribution in [0.5, 0.6) is 0 Å². The SMILES string of the molecule is CC(C)C(=N)/C=C1/CCC(N[S+](C)[O-])C(COC2CCNCC2)N1. The first-order chi connectivity index (χ1) is 11.5. The van der Waals surface area contributed by atoms with E-state index in [0.717, 1.165) is 44.5 Å². The van der Waals surface area contributed by atoms with Crippen molar-refractivity contribution in [1.82, 2.24) is 15.4 Å². The molecule has 0 amide bonds. The Morgan fingerprint density at radius 2 is 2.12 bits per heavy atom. The molecule has 3 atom stereocenters. The molecule has 7 heteroatoms. The summed E-state index contributed by atoms with van der Waals surface area (Å²) in [6, 6.07) is 0.215. The summed E-state index contributed by atoms with van der Waals surface area (Å²) in [6.45, 7) is 6.70. The van der Waals surface area contributed by atoms with Crippen LogP contribution in [0.25, 0.3) is 0 Å². The number of ether oxygens (including phenoxy) is 1. The normalized spacial score (nSPS) is 28.8. The molecule has 0 radical (unpaired) electrons. The van der Waals surface area contributed by atoms with E-state index in [1.807, 2.05) is 19.9 Å². The molecule has 4 N–H and O–H groups in total. The van der Waals surface area contributed by atoms with Gasteiger partial charge in [-0.25, -0.2) is 0 Å². The third-order valence-corrected chi connectivity index (χ3v) is 5.28. The van der Waals surface area contributed by atoms with Crippen LogP contribution in [0.15, 0.2) is 11.8 Å². The first-order valence-corrected chi connectivity index (χ1v) is 10.5. The number of rotatable bonds is 7. The lowest BCUT2D eigenvalue weighted by Gasteiger charge is -2.36. The van der Waals surface area contributed by atoms with Crippen molar-refractivity contribution in [3.63, 3.8) is 0 Å². The molecule has 0 saturated carbocycles. The fraction of sp³-hybridized carbons (Fsp3) is 0.824. The predicted octanol–water partition coefficient (Wildman–Crippen LogP) is 1.32. The van der Waals surface area contributed by atoms with E-state index in [-0.39, 0.29) is 18.0 Å². The van der Waals surface area contributed by atoms with Crippen molar-refractivity contribution in [1.29, 1.82) is 5.41 Å². The number of hydrogen-bond acceptors (Lipinski definition) is 6. The lowest BCUT2D eigenvalue weighted by Crippen LogP contribution is -2.55. The summed E-state index contributed by atoms with van der Waals surface area (Å²) in [6.07, 6.45) is 7.80. The van der Waals surface area contributed by atoms with Crippen molar-refractivity contribution in [3.05, 3.63) is 11.8 Å². The molecule has 0 spiro atoms. The summed E-state index contributed by atoms with van der Waals surface area (Å²) < 4.78 is 20.9. The van der Waals surface area contributed by atoms with Gasteiger partial charge in [0.15, 0.2) is 0 Å². The zero-order chi connectivity index (χ0) is 17.5. The smallest absolute Gasteiger partial charge is 0.115 e. The van der Waals surface area contributed by atoms with Crippen LogP contribution >= 0.6 is 0 Å². The highest BCUT2D eigenvalue weighted by molar-refractivity contribution is 7.88. The maximum absolute atomic E-state index is 11.6. The molecule has 2 rings (SSSR count). The van der Waals surface area contributed by atoms with E-state index < -0.39 is 11.4 Å². The summed E-state index contributed by atoms with van der Waals surface area (Å²) in [5.41, 5.74) is 1.73. The molecule has 0 bridgehead atoms. The molecule has 2 saturated heterocycles. The summed E-state index contributed by atoms with van der Waals surface area (Å²) in [5, 5.41) is 14.9. The highest BCUT2D eigenvalue weighted by atomic mass is 32.2. The molecule has 2 fully saturated rings. The Hall–Kier alpha value is -0.600. The highest BCUT2D eigenvalue weighted by Crippen LogP contribution is 2.19. The second-order valence-corrected chi connectivity index (χ2v) is 8.17. The number of hydrogen-bond donors (Lipinski definition) is 4. The van der Waals surface area contributed by atoms with Crippen molar-refractivity contribution in [2.75, 3.05) is 26.0 Å². The largest absolute Gasteiger partial charge is 0.598 e. The summed E-state index contributed by atoms with van der Waals surface area (Å²) >= 11 is -1.04. The molecule has 3 unspecified atom stereocenters. The third kappa shape index (κ3) is 6.37.